The molecule has 0 bridgehead atoms. The van der Waals surface area contributed by atoms with Crippen LogP contribution in [0.1, 0.15) is 17.2 Å². The van der Waals surface area contributed by atoms with E-state index in [9.17, 15) is 4.39 Å². The molecule has 90 valence electrons. The molecule has 0 aliphatic carbocycles. The first-order valence-electron chi connectivity index (χ1n) is 5.24. The molecule has 0 saturated carbocycles. The van der Waals surface area contributed by atoms with Gasteiger partial charge in [0.15, 0.2) is 0 Å². The van der Waals surface area contributed by atoms with E-state index in [4.69, 9.17) is 5.73 Å². The number of hydrogen-bond donors (Lipinski definition) is 1. The second-order valence-electron chi connectivity index (χ2n) is 3.99. The lowest BCUT2D eigenvalue weighted by Crippen LogP contribution is -2.13. The van der Waals surface area contributed by atoms with E-state index in [-0.39, 0.29) is 11.9 Å². The van der Waals surface area contributed by atoms with Crippen molar-refractivity contribution in [3.05, 3.63) is 52.0 Å². The number of rotatable bonds is 3. The average molecular weight is 298 g/mol. The highest BCUT2D eigenvalue weighted by atomic mass is 79.9. The predicted molar refractivity (Wildman–Crippen MR) is 67.9 cm³/mol. The lowest BCUT2D eigenvalue weighted by atomic mass is 10.0. The summed E-state index contributed by atoms with van der Waals surface area (Å²) in [4.78, 5) is 0. The van der Waals surface area contributed by atoms with E-state index in [0.717, 1.165) is 10.0 Å². The lowest BCUT2D eigenvalue weighted by molar-refractivity contribution is 0.592. The highest BCUT2D eigenvalue weighted by Gasteiger charge is 2.12. The highest BCUT2D eigenvalue weighted by Crippen LogP contribution is 2.20. The molecule has 1 heterocycles. The molecule has 0 fully saturated rings. The molecule has 3 nitrogen and oxygen atoms in total. The molecular weight excluding hydrogens is 285 g/mol. The van der Waals surface area contributed by atoms with E-state index < -0.39 is 0 Å². The van der Waals surface area contributed by atoms with E-state index >= 15 is 0 Å². The maximum Gasteiger partial charge on any atom is 0.127 e. The first kappa shape index (κ1) is 12.3. The van der Waals surface area contributed by atoms with Crippen LogP contribution in [0.3, 0.4) is 0 Å². The summed E-state index contributed by atoms with van der Waals surface area (Å²) < 4.78 is 16.0. The van der Waals surface area contributed by atoms with Crippen LogP contribution in [0.2, 0.25) is 0 Å². The molecule has 0 saturated heterocycles. The Balaban J connectivity index is 2.15. The van der Waals surface area contributed by atoms with Gasteiger partial charge in [0, 0.05) is 29.3 Å². The van der Waals surface area contributed by atoms with Crippen molar-refractivity contribution in [2.75, 3.05) is 0 Å². The molecule has 2 aromatic rings. The van der Waals surface area contributed by atoms with Crippen LogP contribution in [-0.2, 0) is 13.5 Å². The molecular formula is C12H13BrFN3. The topological polar surface area (TPSA) is 43.8 Å². The summed E-state index contributed by atoms with van der Waals surface area (Å²) in [5.74, 6) is -0.237. The van der Waals surface area contributed by atoms with Crippen LogP contribution in [0.15, 0.2) is 35.1 Å². The Morgan fingerprint density at radius 1 is 1.53 bits per heavy atom. The van der Waals surface area contributed by atoms with Crippen LogP contribution in [0.25, 0.3) is 0 Å². The molecule has 0 aliphatic rings. The molecule has 2 N–H and O–H groups in total. The van der Waals surface area contributed by atoms with Gasteiger partial charge in [-0.15, -0.1) is 0 Å². The minimum atomic E-state index is -0.237. The van der Waals surface area contributed by atoms with Gasteiger partial charge in [-0.1, -0.05) is 22.0 Å². The van der Waals surface area contributed by atoms with Crippen molar-refractivity contribution in [3.63, 3.8) is 0 Å². The van der Waals surface area contributed by atoms with Gasteiger partial charge in [0.25, 0.3) is 0 Å². The van der Waals surface area contributed by atoms with Gasteiger partial charge in [-0.05, 0) is 24.1 Å². The van der Waals surface area contributed by atoms with E-state index in [0.29, 0.717) is 12.0 Å². The quantitative estimate of drug-likeness (QED) is 0.946. The Labute approximate surface area is 108 Å². The van der Waals surface area contributed by atoms with Crippen molar-refractivity contribution in [3.8, 4) is 0 Å². The molecule has 0 aliphatic heterocycles. The van der Waals surface area contributed by atoms with E-state index in [1.165, 1.54) is 6.07 Å². The smallest absolute Gasteiger partial charge is 0.127 e. The van der Waals surface area contributed by atoms with Gasteiger partial charge in [-0.25, -0.2) is 4.39 Å². The van der Waals surface area contributed by atoms with Crippen molar-refractivity contribution in [1.29, 1.82) is 0 Å². The van der Waals surface area contributed by atoms with Gasteiger partial charge >= 0.3 is 0 Å². The molecule has 1 aromatic heterocycles. The van der Waals surface area contributed by atoms with Crippen molar-refractivity contribution in [2.45, 2.75) is 12.5 Å². The van der Waals surface area contributed by atoms with Crippen molar-refractivity contribution < 1.29 is 4.39 Å². The number of benzene rings is 1. The number of aryl methyl sites for hydroxylation is 1. The monoisotopic (exact) mass is 297 g/mol. The molecule has 1 atom stereocenters. The van der Waals surface area contributed by atoms with Crippen LogP contribution < -0.4 is 5.73 Å². The predicted octanol–water partition coefficient (Wildman–Crippen LogP) is 2.56. The van der Waals surface area contributed by atoms with Crippen molar-refractivity contribution in [1.82, 2.24) is 9.78 Å². The zero-order chi connectivity index (χ0) is 12.4. The van der Waals surface area contributed by atoms with Crippen LogP contribution in [0.4, 0.5) is 4.39 Å². The number of nitrogens with two attached hydrogens (primary N) is 1. The maximum atomic E-state index is 13.6. The van der Waals surface area contributed by atoms with E-state index in [1.807, 2.05) is 19.3 Å². The Morgan fingerprint density at radius 2 is 2.29 bits per heavy atom. The highest BCUT2D eigenvalue weighted by molar-refractivity contribution is 9.10. The molecule has 17 heavy (non-hydrogen) atoms. The second-order valence-corrected chi connectivity index (χ2v) is 4.91. The third-order valence-electron chi connectivity index (χ3n) is 2.61. The van der Waals surface area contributed by atoms with E-state index in [1.54, 1.807) is 16.9 Å². The summed E-state index contributed by atoms with van der Waals surface area (Å²) in [6.45, 7) is 0. The SMILES string of the molecule is Cn1cc(C(N)Cc2ccc(Br)cc2F)cn1. The molecule has 0 spiro atoms. The summed E-state index contributed by atoms with van der Waals surface area (Å²) >= 11 is 3.23. The molecule has 1 aromatic carbocycles. The fourth-order valence-electron chi connectivity index (χ4n) is 1.67. The number of halogens is 2. The van der Waals surface area contributed by atoms with Crippen LogP contribution in [0.5, 0.6) is 0 Å². The number of nitrogens with zero attached hydrogens (tertiary/aromatic N) is 2. The Bertz CT molecular complexity index is 524. The molecule has 1 unspecified atom stereocenters. The van der Waals surface area contributed by atoms with Crippen LogP contribution >= 0.6 is 15.9 Å². The largest absolute Gasteiger partial charge is 0.324 e. The number of aromatic nitrogens is 2. The minimum absolute atomic E-state index is 0.237. The zero-order valence-corrected chi connectivity index (χ0v) is 11.0. The van der Waals surface area contributed by atoms with Crippen LogP contribution in [-0.4, -0.2) is 9.78 Å². The third kappa shape index (κ3) is 2.92. The zero-order valence-electron chi connectivity index (χ0n) is 9.40. The fraction of sp³-hybridized carbons (Fsp3) is 0.250. The second kappa shape index (κ2) is 4.98. The molecule has 0 radical (unpaired) electrons. The average Bonchev–Trinajstić information content (AvgIpc) is 2.69. The van der Waals surface area contributed by atoms with Gasteiger partial charge in [-0.2, -0.15) is 5.10 Å². The summed E-state index contributed by atoms with van der Waals surface area (Å²) in [5, 5.41) is 4.05. The molecule has 5 heteroatoms. The number of hydrogen-bond acceptors (Lipinski definition) is 2. The lowest BCUT2D eigenvalue weighted by Gasteiger charge is -2.10. The Morgan fingerprint density at radius 3 is 2.88 bits per heavy atom. The van der Waals surface area contributed by atoms with Crippen molar-refractivity contribution in [2.24, 2.45) is 12.8 Å². The summed E-state index contributed by atoms with van der Waals surface area (Å²) in [5.41, 5.74) is 7.54. The summed E-state index contributed by atoms with van der Waals surface area (Å²) in [6, 6.07) is 4.77. The van der Waals surface area contributed by atoms with Gasteiger partial charge in [0.05, 0.1) is 6.20 Å². The Kier molecular flexibility index (Phi) is 3.59. The van der Waals surface area contributed by atoms with Crippen LogP contribution in [0, 0.1) is 5.82 Å². The third-order valence-corrected chi connectivity index (χ3v) is 3.10. The summed E-state index contributed by atoms with van der Waals surface area (Å²) in [7, 11) is 1.83. The van der Waals surface area contributed by atoms with Gasteiger partial charge in [0.1, 0.15) is 5.82 Å². The fourth-order valence-corrected chi connectivity index (χ4v) is 2.01. The van der Waals surface area contributed by atoms with Crippen molar-refractivity contribution >= 4 is 15.9 Å². The van der Waals surface area contributed by atoms with Gasteiger partial charge < -0.3 is 5.73 Å². The minimum Gasteiger partial charge on any atom is -0.324 e. The normalized spacial score (nSPS) is 12.7. The first-order chi connectivity index (χ1) is 8.06. The first-order valence-corrected chi connectivity index (χ1v) is 6.03. The Hall–Kier alpha value is -1.20. The van der Waals surface area contributed by atoms with Gasteiger partial charge in [0.2, 0.25) is 0 Å². The van der Waals surface area contributed by atoms with E-state index in [2.05, 4.69) is 21.0 Å². The standard InChI is InChI=1S/C12H13BrFN3/c1-17-7-9(6-16-17)12(15)4-8-2-3-10(13)5-11(8)14/h2-3,5-7,12H,4,15H2,1H3. The molecule has 2 rings (SSSR count). The maximum absolute atomic E-state index is 13.6. The summed E-state index contributed by atoms with van der Waals surface area (Å²) in [6.07, 6.45) is 4.02. The van der Waals surface area contributed by atoms with Gasteiger partial charge in [-0.3, -0.25) is 4.68 Å². The molecule has 0 amide bonds.